The topological polar surface area (TPSA) is 270 Å². The van der Waals surface area contributed by atoms with Gasteiger partial charge in [-0.05, 0) is 6.92 Å². The Balaban J connectivity index is 2.10. The molecular formula is C10H18N3O14P3. The zero-order chi connectivity index (χ0) is 23.1. The van der Waals surface area contributed by atoms with Gasteiger partial charge in [-0.25, -0.2) is 18.5 Å². The number of nitrogens with one attached hydrogen (secondary N) is 1. The maximum atomic E-state index is 12.0. The van der Waals surface area contributed by atoms with Crippen LogP contribution in [0.3, 0.4) is 0 Å². The van der Waals surface area contributed by atoms with Gasteiger partial charge in [0.05, 0.1) is 12.7 Å². The molecule has 17 nitrogen and oxygen atoms in total. The van der Waals surface area contributed by atoms with Crippen LogP contribution in [-0.2, 0) is 37.4 Å². The molecule has 172 valence electrons. The predicted molar refractivity (Wildman–Crippen MR) is 93.5 cm³/mol. The highest BCUT2D eigenvalue weighted by atomic mass is 31.3. The summed E-state index contributed by atoms with van der Waals surface area (Å²) in [5.74, 6) is -1.99. The van der Waals surface area contributed by atoms with Crippen molar-refractivity contribution in [1.29, 1.82) is 0 Å². The second kappa shape index (κ2) is 8.48. The Morgan fingerprint density at radius 2 is 1.83 bits per heavy atom. The smallest absolute Gasteiger partial charge is 0.390 e. The fourth-order valence-electron chi connectivity index (χ4n) is 2.44. The van der Waals surface area contributed by atoms with Crippen LogP contribution in [0, 0.1) is 6.92 Å². The quantitative estimate of drug-likeness (QED) is 0.190. The fourth-order valence-corrected chi connectivity index (χ4v) is 5.47. The summed E-state index contributed by atoms with van der Waals surface area (Å²) < 4.78 is 51.1. The number of rotatable bonds is 8. The predicted octanol–water partition coefficient (Wildman–Crippen LogP) is -2.09. The third-order valence-corrected chi connectivity index (χ3v) is 7.43. The van der Waals surface area contributed by atoms with Crippen LogP contribution in [0.5, 0.6) is 0 Å². The van der Waals surface area contributed by atoms with E-state index in [2.05, 4.69) is 13.1 Å². The Morgan fingerprint density at radius 3 is 2.40 bits per heavy atom. The summed E-state index contributed by atoms with van der Waals surface area (Å²) >= 11 is 0. The highest BCUT2D eigenvalue weighted by molar-refractivity contribution is 7.66. The molecule has 0 aliphatic carbocycles. The Labute approximate surface area is 166 Å². The number of phosphoric ester groups is 1. The number of ether oxygens (including phenoxy) is 1. The Hall–Kier alpha value is -1.03. The van der Waals surface area contributed by atoms with E-state index in [1.807, 2.05) is 4.98 Å². The first kappa shape index (κ1) is 25.2. The summed E-state index contributed by atoms with van der Waals surface area (Å²) in [4.78, 5) is 60.8. The molecule has 1 aliphatic rings. The third-order valence-electron chi connectivity index (χ3n) is 3.63. The number of nitrogens with zero attached hydrogens (tertiary/aromatic N) is 1. The average Bonchev–Trinajstić information content (AvgIpc) is 2.80. The number of aliphatic hydroxyl groups excluding tert-OH is 1. The monoisotopic (exact) mass is 497 g/mol. The van der Waals surface area contributed by atoms with E-state index in [1.165, 1.54) is 6.92 Å². The normalized spacial score (nSPS) is 28.8. The van der Waals surface area contributed by atoms with E-state index in [4.69, 9.17) is 25.2 Å². The molecule has 1 aromatic rings. The van der Waals surface area contributed by atoms with Gasteiger partial charge in [-0.15, -0.1) is 0 Å². The maximum Gasteiger partial charge on any atom is 0.490 e. The zero-order valence-electron chi connectivity index (χ0n) is 14.9. The zero-order valence-corrected chi connectivity index (χ0v) is 17.6. The van der Waals surface area contributed by atoms with Crippen molar-refractivity contribution in [2.45, 2.75) is 31.4 Å². The molecule has 1 saturated heterocycles. The molecule has 2 heterocycles. The van der Waals surface area contributed by atoms with Crippen molar-refractivity contribution in [1.82, 2.24) is 9.55 Å². The van der Waals surface area contributed by atoms with Crippen LogP contribution >= 0.6 is 23.5 Å². The second-order valence-electron chi connectivity index (χ2n) is 6.10. The number of aliphatic hydroxyl groups is 1. The Bertz CT molecular complexity index is 1060. The van der Waals surface area contributed by atoms with Crippen molar-refractivity contribution in [3.63, 3.8) is 0 Å². The molecule has 5 atom stereocenters. The van der Waals surface area contributed by atoms with Crippen molar-refractivity contribution in [3.8, 4) is 0 Å². The van der Waals surface area contributed by atoms with Gasteiger partial charge in [0.25, 0.3) is 5.56 Å². The molecule has 0 aromatic carbocycles. The van der Waals surface area contributed by atoms with Gasteiger partial charge in [0.1, 0.15) is 6.10 Å². The first-order chi connectivity index (χ1) is 13.4. The highest BCUT2D eigenvalue weighted by Gasteiger charge is 2.47. The van der Waals surface area contributed by atoms with Gasteiger partial charge in [-0.1, -0.05) is 0 Å². The SMILES string of the molecule is Cc1cn([C@@]2(N)C[C@H](O)[C@@H](COP(=O)(O)OP(=O)(O)OP(=O)(O)O)O2)c(=O)[nH]c1=O. The minimum atomic E-state index is -5.71. The lowest BCUT2D eigenvalue weighted by Gasteiger charge is -2.26. The first-order valence-corrected chi connectivity index (χ1v) is 12.2. The summed E-state index contributed by atoms with van der Waals surface area (Å²) in [5.41, 5.74) is 4.39. The van der Waals surface area contributed by atoms with E-state index in [9.17, 15) is 33.3 Å². The molecule has 20 heteroatoms. The van der Waals surface area contributed by atoms with Crippen molar-refractivity contribution in [2.75, 3.05) is 6.61 Å². The highest BCUT2D eigenvalue weighted by Crippen LogP contribution is 2.66. The van der Waals surface area contributed by atoms with Gasteiger partial charge in [-0.2, -0.15) is 8.62 Å². The Kier molecular flexibility index (Phi) is 7.14. The molecule has 0 amide bonds. The third kappa shape index (κ3) is 6.48. The van der Waals surface area contributed by atoms with Crippen LogP contribution in [0.1, 0.15) is 12.0 Å². The summed E-state index contributed by atoms with van der Waals surface area (Å²) in [7, 11) is -16.7. The molecular weight excluding hydrogens is 479 g/mol. The largest absolute Gasteiger partial charge is 0.490 e. The van der Waals surface area contributed by atoms with E-state index >= 15 is 0 Å². The molecule has 1 fully saturated rings. The number of H-pyrrole nitrogens is 1. The molecule has 0 bridgehead atoms. The molecule has 0 saturated carbocycles. The lowest BCUT2D eigenvalue weighted by atomic mass is 10.1. The number of aryl methyl sites for hydroxylation is 1. The molecule has 1 aliphatic heterocycles. The minimum Gasteiger partial charge on any atom is -0.390 e. The number of hydrogen-bond acceptors (Lipinski definition) is 11. The standard InChI is InChI=1S/C10H18N3O14P3/c1-5-3-13(9(16)12-8(5)15)10(11)2-6(14)7(25-10)4-24-29(20,21)27-30(22,23)26-28(17,18)19/h3,6-7,14H,2,4,11H2,1H3,(H,20,21)(H,22,23)(H,12,15,16)(H2,17,18,19)/t6-,7+,10-/m0/s1. The minimum absolute atomic E-state index is 0.0919. The maximum absolute atomic E-state index is 12.0. The van der Waals surface area contributed by atoms with Gasteiger partial charge in [0.2, 0.25) is 5.85 Å². The number of aromatic nitrogens is 2. The van der Waals surface area contributed by atoms with Gasteiger partial charge in [0, 0.05) is 18.2 Å². The van der Waals surface area contributed by atoms with E-state index in [1.54, 1.807) is 0 Å². The number of phosphoric acid groups is 3. The van der Waals surface area contributed by atoms with E-state index in [-0.39, 0.29) is 5.56 Å². The van der Waals surface area contributed by atoms with Crippen molar-refractivity contribution >= 4 is 23.5 Å². The fraction of sp³-hybridized carbons (Fsp3) is 0.600. The molecule has 2 unspecified atom stereocenters. The lowest BCUT2D eigenvalue weighted by Crippen LogP contribution is -2.51. The van der Waals surface area contributed by atoms with E-state index < -0.39 is 65.8 Å². The Morgan fingerprint density at radius 1 is 1.23 bits per heavy atom. The van der Waals surface area contributed by atoms with Crippen molar-refractivity contribution < 1.29 is 56.3 Å². The molecule has 0 spiro atoms. The van der Waals surface area contributed by atoms with Crippen LogP contribution in [0.15, 0.2) is 15.8 Å². The summed E-state index contributed by atoms with van der Waals surface area (Å²) in [6, 6.07) is 0. The van der Waals surface area contributed by atoms with Gasteiger partial charge >= 0.3 is 29.2 Å². The average molecular weight is 497 g/mol. The van der Waals surface area contributed by atoms with Crippen LogP contribution in [0.25, 0.3) is 0 Å². The van der Waals surface area contributed by atoms with E-state index in [0.717, 1.165) is 10.8 Å². The lowest BCUT2D eigenvalue weighted by molar-refractivity contribution is -0.114. The van der Waals surface area contributed by atoms with Crippen LogP contribution < -0.4 is 17.0 Å². The van der Waals surface area contributed by atoms with Crippen LogP contribution in [0.4, 0.5) is 0 Å². The molecule has 30 heavy (non-hydrogen) atoms. The van der Waals surface area contributed by atoms with Gasteiger partial charge in [-0.3, -0.25) is 24.6 Å². The molecule has 8 N–H and O–H groups in total. The van der Waals surface area contributed by atoms with Crippen molar-refractivity contribution in [3.05, 3.63) is 32.6 Å². The van der Waals surface area contributed by atoms with Gasteiger partial charge < -0.3 is 29.4 Å². The number of aromatic amines is 1. The number of nitrogens with two attached hydrogens (primary N) is 1. The number of hydrogen-bond donors (Lipinski definition) is 7. The van der Waals surface area contributed by atoms with Crippen LogP contribution in [0.2, 0.25) is 0 Å². The summed E-state index contributed by atoms with van der Waals surface area (Å²) in [6.07, 6.45) is -2.29. The second-order valence-corrected chi connectivity index (χ2v) is 10.5. The molecule has 2 rings (SSSR count). The summed E-state index contributed by atoms with van der Waals surface area (Å²) in [6.45, 7) is 0.400. The van der Waals surface area contributed by atoms with E-state index in [0.29, 0.717) is 0 Å². The van der Waals surface area contributed by atoms with Gasteiger partial charge in [0.15, 0.2) is 0 Å². The summed E-state index contributed by atoms with van der Waals surface area (Å²) in [5, 5.41) is 10.1. The van der Waals surface area contributed by atoms with Crippen molar-refractivity contribution in [2.24, 2.45) is 5.73 Å². The molecule has 0 radical (unpaired) electrons. The first-order valence-electron chi connectivity index (χ1n) is 7.69. The molecule has 1 aromatic heterocycles. The van der Waals surface area contributed by atoms with Crippen LogP contribution in [-0.4, -0.2) is 53.0 Å².